The SMILES string of the molecule is COc1cc(F)ccc1C(C)C1CNC1. The average Bonchev–Trinajstić information content (AvgIpc) is 2.14. The summed E-state index contributed by atoms with van der Waals surface area (Å²) in [7, 11) is 1.59. The van der Waals surface area contributed by atoms with Crippen LogP contribution in [0.5, 0.6) is 5.75 Å². The molecule has 1 saturated heterocycles. The number of rotatable bonds is 3. The van der Waals surface area contributed by atoms with Crippen molar-refractivity contribution < 1.29 is 9.13 Å². The molecule has 82 valence electrons. The molecular weight excluding hydrogens is 193 g/mol. The Morgan fingerprint density at radius 3 is 2.73 bits per heavy atom. The van der Waals surface area contributed by atoms with E-state index >= 15 is 0 Å². The fraction of sp³-hybridized carbons (Fsp3) is 0.500. The molecule has 0 spiro atoms. The van der Waals surface area contributed by atoms with E-state index in [1.165, 1.54) is 12.1 Å². The van der Waals surface area contributed by atoms with E-state index in [2.05, 4.69) is 12.2 Å². The van der Waals surface area contributed by atoms with Gasteiger partial charge in [0.05, 0.1) is 7.11 Å². The summed E-state index contributed by atoms with van der Waals surface area (Å²) in [6.45, 7) is 4.25. The van der Waals surface area contributed by atoms with E-state index in [1.807, 2.05) is 6.07 Å². The Morgan fingerprint density at radius 1 is 1.47 bits per heavy atom. The summed E-state index contributed by atoms with van der Waals surface area (Å²) in [5.41, 5.74) is 1.10. The second kappa shape index (κ2) is 4.19. The second-order valence-electron chi connectivity index (χ2n) is 4.09. The van der Waals surface area contributed by atoms with Crippen molar-refractivity contribution >= 4 is 0 Å². The van der Waals surface area contributed by atoms with Gasteiger partial charge in [0.15, 0.2) is 0 Å². The molecule has 1 aromatic rings. The van der Waals surface area contributed by atoms with Crippen LogP contribution in [0.3, 0.4) is 0 Å². The minimum atomic E-state index is -0.241. The van der Waals surface area contributed by atoms with Gasteiger partial charge in [0.1, 0.15) is 11.6 Å². The lowest BCUT2D eigenvalue weighted by atomic mass is 9.83. The standard InChI is InChI=1S/C12H16FNO/c1-8(9-6-14-7-9)11-4-3-10(13)5-12(11)15-2/h3-5,8-9,14H,6-7H2,1-2H3. The Kier molecular flexibility index (Phi) is 2.91. The van der Waals surface area contributed by atoms with Crippen molar-refractivity contribution in [2.24, 2.45) is 5.92 Å². The summed E-state index contributed by atoms with van der Waals surface area (Å²) in [6.07, 6.45) is 0. The van der Waals surface area contributed by atoms with Crippen molar-refractivity contribution in [3.05, 3.63) is 29.6 Å². The predicted molar refractivity (Wildman–Crippen MR) is 57.7 cm³/mol. The molecule has 3 heteroatoms. The number of halogens is 1. The van der Waals surface area contributed by atoms with Crippen molar-refractivity contribution in [3.8, 4) is 5.75 Å². The molecule has 0 amide bonds. The van der Waals surface area contributed by atoms with E-state index in [4.69, 9.17) is 4.74 Å². The van der Waals surface area contributed by atoms with Crippen LogP contribution < -0.4 is 10.1 Å². The second-order valence-corrected chi connectivity index (χ2v) is 4.09. The molecule has 0 radical (unpaired) electrons. The van der Waals surface area contributed by atoms with E-state index in [9.17, 15) is 4.39 Å². The van der Waals surface area contributed by atoms with Crippen molar-refractivity contribution in [1.82, 2.24) is 5.32 Å². The first-order valence-corrected chi connectivity index (χ1v) is 5.26. The maximum atomic E-state index is 13.0. The summed E-state index contributed by atoms with van der Waals surface area (Å²) < 4.78 is 18.2. The fourth-order valence-corrected chi connectivity index (χ4v) is 1.98. The fourth-order valence-electron chi connectivity index (χ4n) is 1.98. The number of hydrogen-bond donors (Lipinski definition) is 1. The molecule has 1 atom stereocenters. The molecule has 0 saturated carbocycles. The van der Waals surface area contributed by atoms with Crippen molar-refractivity contribution in [1.29, 1.82) is 0 Å². The maximum absolute atomic E-state index is 13.0. The topological polar surface area (TPSA) is 21.3 Å². The molecule has 1 aliphatic rings. The quantitative estimate of drug-likeness (QED) is 0.823. The summed E-state index contributed by atoms with van der Waals surface area (Å²) >= 11 is 0. The first-order valence-electron chi connectivity index (χ1n) is 5.26. The first-order chi connectivity index (χ1) is 7.22. The molecule has 1 fully saturated rings. The smallest absolute Gasteiger partial charge is 0.126 e. The lowest BCUT2D eigenvalue weighted by Gasteiger charge is -2.33. The Labute approximate surface area is 89.4 Å². The highest BCUT2D eigenvalue weighted by Crippen LogP contribution is 2.33. The van der Waals surface area contributed by atoms with Crippen LogP contribution >= 0.6 is 0 Å². The number of benzene rings is 1. The molecule has 1 N–H and O–H groups in total. The van der Waals surface area contributed by atoms with Crippen LogP contribution in [0.25, 0.3) is 0 Å². The Hall–Kier alpha value is -1.09. The predicted octanol–water partition coefficient (Wildman–Crippen LogP) is 2.16. The minimum Gasteiger partial charge on any atom is -0.496 e. The Balaban J connectivity index is 2.25. The van der Waals surface area contributed by atoms with Crippen LogP contribution in [0.1, 0.15) is 18.4 Å². The zero-order chi connectivity index (χ0) is 10.8. The van der Waals surface area contributed by atoms with E-state index in [0.29, 0.717) is 17.6 Å². The van der Waals surface area contributed by atoms with Crippen molar-refractivity contribution in [2.75, 3.05) is 20.2 Å². The molecule has 1 aliphatic heterocycles. The zero-order valence-electron chi connectivity index (χ0n) is 9.09. The lowest BCUT2D eigenvalue weighted by molar-refractivity contribution is 0.296. The van der Waals surface area contributed by atoms with Crippen LogP contribution in [0.2, 0.25) is 0 Å². The number of ether oxygens (including phenoxy) is 1. The molecule has 1 aromatic carbocycles. The van der Waals surface area contributed by atoms with Crippen molar-refractivity contribution in [3.63, 3.8) is 0 Å². The minimum absolute atomic E-state index is 0.241. The summed E-state index contributed by atoms with van der Waals surface area (Å²) in [4.78, 5) is 0. The van der Waals surface area contributed by atoms with Gasteiger partial charge in [0, 0.05) is 6.07 Å². The molecular formula is C12H16FNO. The van der Waals surface area contributed by atoms with Gasteiger partial charge in [0.25, 0.3) is 0 Å². The van der Waals surface area contributed by atoms with Gasteiger partial charge in [-0.3, -0.25) is 0 Å². The highest BCUT2D eigenvalue weighted by Gasteiger charge is 2.26. The van der Waals surface area contributed by atoms with Gasteiger partial charge in [-0.25, -0.2) is 4.39 Å². The average molecular weight is 209 g/mol. The van der Waals surface area contributed by atoms with E-state index in [-0.39, 0.29) is 5.82 Å². The summed E-state index contributed by atoms with van der Waals surface area (Å²) in [5, 5.41) is 3.25. The Morgan fingerprint density at radius 2 is 2.20 bits per heavy atom. The Bertz CT molecular complexity index is 349. The van der Waals surface area contributed by atoms with Gasteiger partial charge in [0.2, 0.25) is 0 Å². The number of hydrogen-bond acceptors (Lipinski definition) is 2. The first kappa shape index (κ1) is 10.4. The molecule has 15 heavy (non-hydrogen) atoms. The van der Waals surface area contributed by atoms with Crippen LogP contribution in [-0.2, 0) is 0 Å². The molecule has 2 nitrogen and oxygen atoms in total. The molecule has 0 aliphatic carbocycles. The molecule has 0 aromatic heterocycles. The highest BCUT2D eigenvalue weighted by molar-refractivity contribution is 5.37. The van der Waals surface area contributed by atoms with Crippen LogP contribution in [-0.4, -0.2) is 20.2 Å². The van der Waals surface area contributed by atoms with Gasteiger partial charge in [-0.05, 0) is 36.6 Å². The van der Waals surface area contributed by atoms with Gasteiger partial charge < -0.3 is 10.1 Å². The third-order valence-corrected chi connectivity index (χ3v) is 3.21. The normalized spacial score (nSPS) is 18.3. The zero-order valence-corrected chi connectivity index (χ0v) is 9.09. The summed E-state index contributed by atoms with van der Waals surface area (Å²) in [5.74, 6) is 1.48. The third kappa shape index (κ3) is 1.97. The molecule has 0 bridgehead atoms. The maximum Gasteiger partial charge on any atom is 0.126 e. The van der Waals surface area contributed by atoms with Gasteiger partial charge in [-0.1, -0.05) is 13.0 Å². The van der Waals surface area contributed by atoms with Crippen LogP contribution in [0, 0.1) is 11.7 Å². The number of nitrogens with one attached hydrogen (secondary N) is 1. The number of methoxy groups -OCH3 is 1. The van der Waals surface area contributed by atoms with E-state index < -0.39 is 0 Å². The molecule has 1 heterocycles. The van der Waals surface area contributed by atoms with E-state index in [1.54, 1.807) is 7.11 Å². The van der Waals surface area contributed by atoms with Crippen LogP contribution in [0.4, 0.5) is 4.39 Å². The summed E-state index contributed by atoms with van der Waals surface area (Å²) in [6, 6.07) is 4.79. The largest absolute Gasteiger partial charge is 0.496 e. The van der Waals surface area contributed by atoms with Crippen LogP contribution in [0.15, 0.2) is 18.2 Å². The van der Waals surface area contributed by atoms with Gasteiger partial charge in [-0.2, -0.15) is 0 Å². The van der Waals surface area contributed by atoms with E-state index in [0.717, 1.165) is 18.7 Å². The molecule has 1 unspecified atom stereocenters. The lowest BCUT2D eigenvalue weighted by Crippen LogP contribution is -2.44. The highest BCUT2D eigenvalue weighted by atomic mass is 19.1. The van der Waals surface area contributed by atoms with Gasteiger partial charge >= 0.3 is 0 Å². The third-order valence-electron chi connectivity index (χ3n) is 3.21. The van der Waals surface area contributed by atoms with Gasteiger partial charge in [-0.15, -0.1) is 0 Å². The van der Waals surface area contributed by atoms with Crippen molar-refractivity contribution in [2.45, 2.75) is 12.8 Å². The molecule has 2 rings (SSSR count). The monoisotopic (exact) mass is 209 g/mol.